The topological polar surface area (TPSA) is 33.1 Å². The number of aromatic nitrogens is 2. The normalized spacial score (nSPS) is 18.6. The van der Waals surface area contributed by atoms with Crippen LogP contribution in [0.3, 0.4) is 0 Å². The second-order valence-corrected chi connectivity index (χ2v) is 4.84. The molecule has 0 aliphatic carbocycles. The van der Waals surface area contributed by atoms with Gasteiger partial charge >= 0.3 is 0 Å². The zero-order valence-electron chi connectivity index (χ0n) is 10.8. The van der Waals surface area contributed by atoms with Crippen LogP contribution in [0.5, 0.6) is 0 Å². The van der Waals surface area contributed by atoms with E-state index in [4.69, 9.17) is 0 Å². The van der Waals surface area contributed by atoms with Gasteiger partial charge in [0.05, 0.1) is 6.54 Å². The third-order valence-electron chi connectivity index (χ3n) is 3.46. The van der Waals surface area contributed by atoms with Gasteiger partial charge in [0.2, 0.25) is 0 Å². The quantitative estimate of drug-likeness (QED) is 0.809. The summed E-state index contributed by atoms with van der Waals surface area (Å²) in [7, 11) is 0. The standard InChI is InChI=1S/C13H24N4/c1-2-8-16-10-4-13(5-11-16)14-7-12-17-9-3-6-15-17/h3,6,9,13-14H,2,4-5,7-8,10-12H2,1H3. The molecule has 0 bridgehead atoms. The summed E-state index contributed by atoms with van der Waals surface area (Å²) in [5, 5.41) is 7.84. The summed E-state index contributed by atoms with van der Waals surface area (Å²) in [6.07, 6.45) is 7.71. The van der Waals surface area contributed by atoms with Crippen LogP contribution >= 0.6 is 0 Å². The summed E-state index contributed by atoms with van der Waals surface area (Å²) in [5.41, 5.74) is 0. The lowest BCUT2D eigenvalue weighted by molar-refractivity contribution is 0.197. The number of likely N-dealkylation sites (tertiary alicyclic amines) is 1. The largest absolute Gasteiger partial charge is 0.312 e. The van der Waals surface area contributed by atoms with Gasteiger partial charge in [-0.05, 0) is 45.0 Å². The summed E-state index contributed by atoms with van der Waals surface area (Å²) in [4.78, 5) is 2.58. The first kappa shape index (κ1) is 12.6. The lowest BCUT2D eigenvalue weighted by Crippen LogP contribution is -2.43. The number of nitrogens with zero attached hydrogens (tertiary/aromatic N) is 3. The molecule has 0 unspecified atom stereocenters. The van der Waals surface area contributed by atoms with Crippen LogP contribution in [0.15, 0.2) is 18.5 Å². The van der Waals surface area contributed by atoms with Crippen molar-refractivity contribution in [1.82, 2.24) is 20.0 Å². The van der Waals surface area contributed by atoms with Gasteiger partial charge in [0.15, 0.2) is 0 Å². The van der Waals surface area contributed by atoms with Gasteiger partial charge in [-0.1, -0.05) is 6.92 Å². The fraction of sp³-hybridized carbons (Fsp3) is 0.769. The second kappa shape index (κ2) is 6.77. The molecule has 1 fully saturated rings. The SMILES string of the molecule is CCCN1CCC(NCCn2cccn2)CC1. The average Bonchev–Trinajstić information content (AvgIpc) is 2.85. The smallest absolute Gasteiger partial charge is 0.0534 e. The fourth-order valence-electron chi connectivity index (χ4n) is 2.49. The van der Waals surface area contributed by atoms with Crippen LogP contribution in [0.1, 0.15) is 26.2 Å². The number of piperidine rings is 1. The van der Waals surface area contributed by atoms with Crippen LogP contribution in [0, 0.1) is 0 Å². The molecule has 0 spiro atoms. The lowest BCUT2D eigenvalue weighted by atomic mass is 10.1. The molecule has 4 nitrogen and oxygen atoms in total. The summed E-state index contributed by atoms with van der Waals surface area (Å²) < 4.78 is 1.99. The van der Waals surface area contributed by atoms with Crippen molar-refractivity contribution in [3.05, 3.63) is 18.5 Å². The highest BCUT2D eigenvalue weighted by Crippen LogP contribution is 2.10. The number of rotatable bonds is 6. The van der Waals surface area contributed by atoms with Gasteiger partial charge in [-0.15, -0.1) is 0 Å². The Balaban J connectivity index is 1.58. The van der Waals surface area contributed by atoms with Crippen molar-refractivity contribution in [1.29, 1.82) is 0 Å². The van der Waals surface area contributed by atoms with Crippen molar-refractivity contribution in [3.8, 4) is 0 Å². The van der Waals surface area contributed by atoms with E-state index < -0.39 is 0 Å². The van der Waals surface area contributed by atoms with Crippen molar-refractivity contribution >= 4 is 0 Å². The van der Waals surface area contributed by atoms with Crippen molar-refractivity contribution < 1.29 is 0 Å². The molecule has 96 valence electrons. The molecule has 0 amide bonds. The molecule has 0 radical (unpaired) electrons. The fourth-order valence-corrected chi connectivity index (χ4v) is 2.49. The highest BCUT2D eigenvalue weighted by molar-refractivity contribution is 4.79. The van der Waals surface area contributed by atoms with E-state index in [1.165, 1.54) is 38.9 Å². The van der Waals surface area contributed by atoms with Crippen LogP contribution < -0.4 is 5.32 Å². The van der Waals surface area contributed by atoms with Crippen LogP contribution in [0.2, 0.25) is 0 Å². The lowest BCUT2D eigenvalue weighted by Gasteiger charge is -2.32. The Bertz CT molecular complexity index is 288. The van der Waals surface area contributed by atoms with E-state index in [2.05, 4.69) is 22.2 Å². The summed E-state index contributed by atoms with van der Waals surface area (Å²) >= 11 is 0. The monoisotopic (exact) mass is 236 g/mol. The number of hydrogen-bond acceptors (Lipinski definition) is 3. The summed E-state index contributed by atoms with van der Waals surface area (Å²) in [6, 6.07) is 2.68. The zero-order valence-corrected chi connectivity index (χ0v) is 10.8. The third kappa shape index (κ3) is 4.13. The van der Waals surface area contributed by atoms with Gasteiger partial charge < -0.3 is 10.2 Å². The Morgan fingerprint density at radius 1 is 1.29 bits per heavy atom. The van der Waals surface area contributed by atoms with Crippen molar-refractivity contribution in [2.24, 2.45) is 0 Å². The van der Waals surface area contributed by atoms with Crippen LogP contribution in [-0.4, -0.2) is 46.9 Å². The van der Waals surface area contributed by atoms with Gasteiger partial charge in [-0.3, -0.25) is 4.68 Å². The molecule has 2 rings (SSSR count). The Kier molecular flexibility index (Phi) is 5.01. The van der Waals surface area contributed by atoms with Crippen molar-refractivity contribution in [2.75, 3.05) is 26.2 Å². The van der Waals surface area contributed by atoms with Gasteiger partial charge in [0, 0.05) is 25.0 Å². The van der Waals surface area contributed by atoms with E-state index in [9.17, 15) is 0 Å². The first-order valence-corrected chi connectivity index (χ1v) is 6.81. The van der Waals surface area contributed by atoms with E-state index in [0.29, 0.717) is 6.04 Å². The van der Waals surface area contributed by atoms with E-state index in [1.54, 1.807) is 0 Å². The molecule has 1 aliphatic heterocycles. The Morgan fingerprint density at radius 3 is 2.76 bits per heavy atom. The summed E-state index contributed by atoms with van der Waals surface area (Å²) in [6.45, 7) is 8.04. The molecule has 0 atom stereocenters. The van der Waals surface area contributed by atoms with Crippen LogP contribution in [-0.2, 0) is 6.54 Å². The first-order chi connectivity index (χ1) is 8.38. The molecule has 1 aromatic heterocycles. The van der Waals surface area contributed by atoms with Crippen LogP contribution in [0.25, 0.3) is 0 Å². The third-order valence-corrected chi connectivity index (χ3v) is 3.46. The molecular weight excluding hydrogens is 212 g/mol. The minimum absolute atomic E-state index is 0.707. The van der Waals surface area contributed by atoms with Crippen LogP contribution in [0.4, 0.5) is 0 Å². The number of nitrogens with one attached hydrogen (secondary N) is 1. The molecule has 1 aromatic rings. The van der Waals surface area contributed by atoms with Crippen molar-refractivity contribution in [3.63, 3.8) is 0 Å². The van der Waals surface area contributed by atoms with E-state index >= 15 is 0 Å². The minimum atomic E-state index is 0.707. The predicted octanol–water partition coefficient (Wildman–Crippen LogP) is 1.35. The maximum atomic E-state index is 4.20. The predicted molar refractivity (Wildman–Crippen MR) is 70.0 cm³/mol. The van der Waals surface area contributed by atoms with Gasteiger partial charge in [-0.25, -0.2) is 0 Å². The van der Waals surface area contributed by atoms with E-state index in [0.717, 1.165) is 13.1 Å². The molecule has 2 heterocycles. The Hall–Kier alpha value is -0.870. The zero-order chi connectivity index (χ0) is 11.9. The molecule has 4 heteroatoms. The first-order valence-electron chi connectivity index (χ1n) is 6.81. The number of hydrogen-bond donors (Lipinski definition) is 1. The Morgan fingerprint density at radius 2 is 2.12 bits per heavy atom. The minimum Gasteiger partial charge on any atom is -0.312 e. The van der Waals surface area contributed by atoms with Gasteiger partial charge in [0.1, 0.15) is 0 Å². The summed E-state index contributed by atoms with van der Waals surface area (Å²) in [5.74, 6) is 0. The molecule has 0 aromatic carbocycles. The molecule has 1 N–H and O–H groups in total. The average molecular weight is 236 g/mol. The molecule has 1 aliphatic rings. The molecule has 17 heavy (non-hydrogen) atoms. The highest BCUT2D eigenvalue weighted by Gasteiger charge is 2.17. The maximum Gasteiger partial charge on any atom is 0.0534 e. The second-order valence-electron chi connectivity index (χ2n) is 4.84. The van der Waals surface area contributed by atoms with Crippen molar-refractivity contribution in [2.45, 2.75) is 38.8 Å². The molecule has 1 saturated heterocycles. The molecular formula is C13H24N4. The van der Waals surface area contributed by atoms with E-state index in [-0.39, 0.29) is 0 Å². The van der Waals surface area contributed by atoms with E-state index in [1.807, 2.05) is 23.1 Å². The van der Waals surface area contributed by atoms with Gasteiger partial charge in [-0.2, -0.15) is 5.10 Å². The van der Waals surface area contributed by atoms with Gasteiger partial charge in [0.25, 0.3) is 0 Å². The Labute approximate surface area is 104 Å². The maximum absolute atomic E-state index is 4.20. The highest BCUT2D eigenvalue weighted by atomic mass is 15.3. The molecule has 0 saturated carbocycles.